The Morgan fingerprint density at radius 2 is 1.73 bits per heavy atom. The van der Waals surface area contributed by atoms with Crippen LogP contribution >= 0.6 is 35.3 Å². The second-order valence-electron chi connectivity index (χ2n) is 5.87. The monoisotopic (exact) mass is 462 g/mol. The summed E-state index contributed by atoms with van der Waals surface area (Å²) in [6.45, 7) is -0.385. The molecule has 0 aliphatic heterocycles. The Hall–Kier alpha value is -2.69. The number of aromatic nitrogens is 2. The van der Waals surface area contributed by atoms with Gasteiger partial charge in [-0.25, -0.2) is 9.48 Å². The third-order valence-electron chi connectivity index (χ3n) is 4.09. The summed E-state index contributed by atoms with van der Waals surface area (Å²) in [5, 5.41) is 4.41. The second kappa shape index (κ2) is 9.88. The largest absolute Gasteiger partial charge is 0.493 e. The molecule has 30 heavy (non-hydrogen) atoms. The summed E-state index contributed by atoms with van der Waals surface area (Å²) in [7, 11) is 2.99. The number of methoxy groups -OCH3 is 2. The highest BCUT2D eigenvalue weighted by Crippen LogP contribution is 2.27. The molecule has 0 N–H and O–H groups in total. The first-order valence-electron chi connectivity index (χ1n) is 8.63. The van der Waals surface area contributed by atoms with Crippen molar-refractivity contribution in [1.82, 2.24) is 9.78 Å². The lowest BCUT2D eigenvalue weighted by atomic mass is 10.1. The Morgan fingerprint density at radius 1 is 1.07 bits per heavy atom. The molecule has 0 unspecified atom stereocenters. The quantitative estimate of drug-likeness (QED) is 0.210. The zero-order chi connectivity index (χ0) is 21.7. The Bertz CT molecular complexity index is 1120. The number of carbonyl (C=O) groups excluding carboxylic acids is 2. The van der Waals surface area contributed by atoms with E-state index < -0.39 is 5.97 Å². The van der Waals surface area contributed by atoms with Gasteiger partial charge in [-0.2, -0.15) is 0 Å². The molecule has 156 valence electrons. The molecule has 3 aromatic rings. The van der Waals surface area contributed by atoms with Gasteiger partial charge in [-0.1, -0.05) is 23.1 Å². The van der Waals surface area contributed by atoms with Crippen LogP contribution in [0.15, 0.2) is 46.8 Å². The Kier molecular flexibility index (Phi) is 7.24. The number of esters is 1. The number of hydrogen-bond acceptors (Lipinski definition) is 9. The van der Waals surface area contributed by atoms with E-state index in [9.17, 15) is 9.59 Å². The molecular formula is C20H18N2O5S3. The maximum atomic E-state index is 12.4. The fourth-order valence-corrected chi connectivity index (χ4v) is 4.33. The van der Waals surface area contributed by atoms with E-state index in [2.05, 4.69) is 5.10 Å². The molecule has 0 radical (unpaired) electrons. The van der Waals surface area contributed by atoms with Crippen LogP contribution in [0.1, 0.15) is 20.7 Å². The van der Waals surface area contributed by atoms with E-state index in [0.29, 0.717) is 26.6 Å². The zero-order valence-electron chi connectivity index (χ0n) is 16.4. The number of ketones is 1. The van der Waals surface area contributed by atoms with E-state index in [4.69, 9.17) is 26.4 Å². The minimum absolute atomic E-state index is 0.325. The normalized spacial score (nSPS) is 10.5. The third kappa shape index (κ3) is 4.89. The highest BCUT2D eigenvalue weighted by molar-refractivity contribution is 8.00. The maximum Gasteiger partial charge on any atom is 0.338 e. The van der Waals surface area contributed by atoms with Gasteiger partial charge < -0.3 is 14.2 Å². The predicted octanol–water partition coefficient (Wildman–Crippen LogP) is 4.44. The van der Waals surface area contributed by atoms with Crippen molar-refractivity contribution < 1.29 is 23.8 Å². The van der Waals surface area contributed by atoms with Crippen LogP contribution in [0.25, 0.3) is 5.69 Å². The standard InChI is InChI=1S/C20H18N2O5S3/c1-25-16-9-6-13(10-17(16)26-2)15(23)11-27-18(24)12-4-7-14(8-5-12)22-20(28)30-19(21-22)29-3/h4-10H,11H2,1-3H3. The molecule has 3 rings (SSSR count). The van der Waals surface area contributed by atoms with E-state index >= 15 is 0 Å². The zero-order valence-corrected chi connectivity index (χ0v) is 18.9. The molecule has 10 heteroatoms. The third-order valence-corrected chi connectivity index (χ3v) is 6.30. The van der Waals surface area contributed by atoms with Crippen LogP contribution in [0.4, 0.5) is 0 Å². The Morgan fingerprint density at radius 3 is 2.33 bits per heavy atom. The molecule has 0 amide bonds. The summed E-state index contributed by atoms with van der Waals surface area (Å²) < 4.78 is 18.6. The summed E-state index contributed by atoms with van der Waals surface area (Å²) in [5.41, 5.74) is 1.43. The molecule has 0 saturated heterocycles. The first-order chi connectivity index (χ1) is 14.5. The smallest absolute Gasteiger partial charge is 0.338 e. The lowest BCUT2D eigenvalue weighted by Crippen LogP contribution is -2.14. The summed E-state index contributed by atoms with van der Waals surface area (Å²) >= 11 is 8.25. The molecule has 7 nitrogen and oxygen atoms in total. The SMILES string of the molecule is COc1ccc(C(=O)COC(=O)c2ccc(-n3nc(SC)sc3=S)cc2)cc1OC. The number of Topliss-reactive ketones (excluding diaryl/α,β-unsaturated/α-hetero) is 1. The number of hydrogen-bond donors (Lipinski definition) is 0. The van der Waals surface area contributed by atoms with Crippen LogP contribution in [0.2, 0.25) is 0 Å². The fraction of sp³-hybridized carbons (Fsp3) is 0.200. The molecule has 0 bridgehead atoms. The number of nitrogens with zero attached hydrogens (tertiary/aromatic N) is 2. The number of benzene rings is 2. The minimum Gasteiger partial charge on any atom is -0.493 e. The van der Waals surface area contributed by atoms with Gasteiger partial charge in [-0.3, -0.25) is 4.79 Å². The van der Waals surface area contributed by atoms with Crippen molar-refractivity contribution in [2.75, 3.05) is 27.1 Å². The van der Waals surface area contributed by atoms with Crippen molar-refractivity contribution in [3.8, 4) is 17.2 Å². The Balaban J connectivity index is 1.65. The molecule has 1 heterocycles. The van der Waals surface area contributed by atoms with E-state index in [1.807, 2.05) is 6.26 Å². The molecule has 1 aromatic heterocycles. The fourth-order valence-electron chi connectivity index (χ4n) is 2.55. The van der Waals surface area contributed by atoms with E-state index in [1.54, 1.807) is 47.1 Å². The van der Waals surface area contributed by atoms with Gasteiger partial charge in [-0.05, 0) is 60.9 Å². The van der Waals surface area contributed by atoms with Crippen molar-refractivity contribution in [3.05, 3.63) is 57.5 Å². The lowest BCUT2D eigenvalue weighted by Gasteiger charge is -2.09. The highest BCUT2D eigenvalue weighted by atomic mass is 32.2. The van der Waals surface area contributed by atoms with Crippen LogP contribution in [0.5, 0.6) is 11.5 Å². The van der Waals surface area contributed by atoms with Gasteiger partial charge in [0.2, 0.25) is 0 Å². The molecule has 0 saturated carbocycles. The van der Waals surface area contributed by atoms with Crippen LogP contribution in [0.3, 0.4) is 0 Å². The van der Waals surface area contributed by atoms with Crippen LogP contribution < -0.4 is 9.47 Å². The van der Waals surface area contributed by atoms with Gasteiger partial charge in [0, 0.05) is 5.56 Å². The number of ether oxygens (including phenoxy) is 3. The molecule has 0 atom stereocenters. The Labute approximate surface area is 186 Å². The topological polar surface area (TPSA) is 79.7 Å². The van der Waals surface area contributed by atoms with Crippen molar-refractivity contribution in [2.45, 2.75) is 4.34 Å². The van der Waals surface area contributed by atoms with Gasteiger partial charge in [0.05, 0.1) is 25.5 Å². The highest BCUT2D eigenvalue weighted by Gasteiger charge is 2.15. The first kappa shape index (κ1) is 22.0. The number of carbonyl (C=O) groups is 2. The van der Waals surface area contributed by atoms with E-state index in [1.165, 1.54) is 37.3 Å². The minimum atomic E-state index is -0.595. The second-order valence-corrected chi connectivity index (χ2v) is 8.54. The average Bonchev–Trinajstić information content (AvgIpc) is 3.17. The maximum absolute atomic E-state index is 12.4. The molecular weight excluding hydrogens is 444 g/mol. The molecule has 0 fully saturated rings. The summed E-state index contributed by atoms with van der Waals surface area (Å²) in [6, 6.07) is 11.4. The summed E-state index contributed by atoms with van der Waals surface area (Å²) in [6.07, 6.45) is 1.93. The molecule has 2 aromatic carbocycles. The van der Waals surface area contributed by atoms with Gasteiger partial charge in [0.1, 0.15) is 0 Å². The summed E-state index contributed by atoms with van der Waals surface area (Å²) in [5.74, 6) is -0.00657. The lowest BCUT2D eigenvalue weighted by molar-refractivity contribution is 0.0474. The van der Waals surface area contributed by atoms with Gasteiger partial charge >= 0.3 is 5.97 Å². The van der Waals surface area contributed by atoms with E-state index in [-0.39, 0.29) is 12.4 Å². The van der Waals surface area contributed by atoms with Gasteiger partial charge in [0.25, 0.3) is 0 Å². The summed E-state index contributed by atoms with van der Waals surface area (Å²) in [4.78, 5) is 24.7. The van der Waals surface area contributed by atoms with Crippen molar-refractivity contribution >= 4 is 47.1 Å². The van der Waals surface area contributed by atoms with Crippen LogP contribution in [-0.2, 0) is 4.74 Å². The number of rotatable bonds is 8. The van der Waals surface area contributed by atoms with Gasteiger partial charge in [-0.15, -0.1) is 5.10 Å². The van der Waals surface area contributed by atoms with E-state index in [0.717, 1.165) is 10.0 Å². The number of thioether (sulfide) groups is 1. The van der Waals surface area contributed by atoms with Crippen molar-refractivity contribution in [2.24, 2.45) is 0 Å². The van der Waals surface area contributed by atoms with Crippen LogP contribution in [-0.4, -0.2) is 48.6 Å². The predicted molar refractivity (Wildman–Crippen MR) is 118 cm³/mol. The molecule has 0 aliphatic carbocycles. The van der Waals surface area contributed by atoms with Crippen molar-refractivity contribution in [3.63, 3.8) is 0 Å². The van der Waals surface area contributed by atoms with Crippen LogP contribution in [0, 0.1) is 3.95 Å². The average molecular weight is 463 g/mol. The molecule has 0 aliphatic rings. The molecule has 0 spiro atoms. The first-order valence-corrected chi connectivity index (χ1v) is 11.1. The van der Waals surface area contributed by atoms with Crippen molar-refractivity contribution in [1.29, 1.82) is 0 Å². The van der Waals surface area contributed by atoms with Gasteiger partial charge in [0.15, 0.2) is 32.2 Å².